The second-order valence-corrected chi connectivity index (χ2v) is 18.0. The van der Waals surface area contributed by atoms with E-state index in [1.54, 1.807) is 14.2 Å². The number of methoxy groups -OCH3 is 2. The summed E-state index contributed by atoms with van der Waals surface area (Å²) in [7, 11) is 1.42. The van der Waals surface area contributed by atoms with Crippen LogP contribution in [0.1, 0.15) is 103 Å². The van der Waals surface area contributed by atoms with Gasteiger partial charge < -0.3 is 19.2 Å². The molecule has 218 valence electrons. The van der Waals surface area contributed by atoms with E-state index in [2.05, 4.69) is 91.1 Å². The van der Waals surface area contributed by atoms with Gasteiger partial charge in [0.05, 0.1) is 20.8 Å². The van der Waals surface area contributed by atoms with Crippen molar-refractivity contribution >= 4 is 19.9 Å². The molecular weight excluding hydrogens is 502 g/mol. The second-order valence-electron chi connectivity index (χ2n) is 13.2. The van der Waals surface area contributed by atoms with Gasteiger partial charge in [0.15, 0.2) is 19.8 Å². The van der Waals surface area contributed by atoms with E-state index in [4.69, 9.17) is 13.9 Å². The summed E-state index contributed by atoms with van der Waals surface area (Å²) < 4.78 is 17.8. The van der Waals surface area contributed by atoms with E-state index in [1.807, 2.05) is 12.1 Å². The van der Waals surface area contributed by atoms with Gasteiger partial charge in [-0.1, -0.05) is 92.0 Å². The summed E-state index contributed by atoms with van der Waals surface area (Å²) in [5, 5.41) is 3.43. The first-order valence-corrected chi connectivity index (χ1v) is 17.3. The quantitative estimate of drug-likeness (QED) is 0.198. The lowest BCUT2D eigenvalue weighted by atomic mass is 9.85. The van der Waals surface area contributed by atoms with Crippen molar-refractivity contribution in [1.82, 2.24) is 0 Å². The normalized spacial score (nSPS) is 13.2. The van der Waals surface area contributed by atoms with Gasteiger partial charge in [-0.2, -0.15) is 0 Å². The number of anilines is 1. The fraction of sp³-hybridized carbons (Fsp3) is 0.606. The second kappa shape index (κ2) is 13.8. The predicted octanol–water partition coefficient (Wildman–Crippen LogP) is 9.22. The number of unbranched alkanes of at least 4 members (excludes halogenated alkanes) is 2. The van der Waals surface area contributed by atoms with Crippen LogP contribution >= 0.6 is 0 Å². The minimum atomic E-state index is -1.89. The number of rotatable bonds is 13. The van der Waals surface area contributed by atoms with Gasteiger partial charge in [-0.15, -0.1) is 0 Å². The van der Waals surface area contributed by atoms with Crippen LogP contribution < -0.4 is 14.8 Å². The summed E-state index contributed by atoms with van der Waals surface area (Å²) in [5.41, 5.74) is 3.98. The smallest absolute Gasteiger partial charge is 0.224 e. The van der Waals surface area contributed by atoms with Crippen molar-refractivity contribution in [3.63, 3.8) is 0 Å². The molecule has 0 aliphatic heterocycles. The Morgan fingerprint density at radius 1 is 0.974 bits per heavy atom. The van der Waals surface area contributed by atoms with Crippen LogP contribution in [0.2, 0.25) is 18.1 Å². The van der Waals surface area contributed by atoms with Crippen molar-refractivity contribution in [3.8, 4) is 11.5 Å². The molecule has 1 atom stereocenters. The van der Waals surface area contributed by atoms with Crippen molar-refractivity contribution in [2.45, 2.75) is 117 Å². The maximum absolute atomic E-state index is 13.6. The summed E-state index contributed by atoms with van der Waals surface area (Å²) in [4.78, 5) is 13.6. The molecule has 0 saturated heterocycles. The van der Waals surface area contributed by atoms with Gasteiger partial charge in [0, 0.05) is 17.7 Å². The predicted molar refractivity (Wildman–Crippen MR) is 167 cm³/mol. The average Bonchev–Trinajstić information content (AvgIpc) is 2.85. The first kappa shape index (κ1) is 32.9. The number of hydrogen-bond donors (Lipinski definition) is 1. The molecule has 2 aromatic rings. The topological polar surface area (TPSA) is 56.8 Å². The molecule has 0 saturated carbocycles. The molecule has 1 amide bonds. The molecular formula is C33H53NO4Si. The number of benzene rings is 2. The molecule has 2 rings (SSSR count). The Kier molecular flexibility index (Phi) is 11.7. The number of carbonyl (C=O) groups is 1. The Hall–Kier alpha value is -2.31. The van der Waals surface area contributed by atoms with E-state index in [0.29, 0.717) is 18.8 Å². The van der Waals surface area contributed by atoms with Gasteiger partial charge in [-0.05, 0) is 59.1 Å². The van der Waals surface area contributed by atoms with E-state index in [0.717, 1.165) is 53.8 Å². The van der Waals surface area contributed by atoms with E-state index in [9.17, 15) is 4.79 Å². The molecule has 0 heterocycles. The van der Waals surface area contributed by atoms with E-state index in [-0.39, 0.29) is 22.3 Å². The highest BCUT2D eigenvalue weighted by atomic mass is 28.4. The third-order valence-electron chi connectivity index (χ3n) is 8.03. The van der Waals surface area contributed by atoms with Crippen LogP contribution in [0, 0.1) is 0 Å². The highest BCUT2D eigenvalue weighted by Crippen LogP contribution is 2.40. The molecule has 1 unspecified atom stereocenters. The van der Waals surface area contributed by atoms with E-state index in [1.165, 1.54) is 0 Å². The zero-order valence-corrected chi connectivity index (χ0v) is 27.4. The maximum Gasteiger partial charge on any atom is 0.224 e. The molecule has 0 aliphatic carbocycles. The Balaban J connectivity index is 2.35. The number of amides is 1. The number of para-hydroxylation sites is 1. The minimum Gasteiger partial charge on any atom is -0.493 e. The van der Waals surface area contributed by atoms with Crippen molar-refractivity contribution < 1.29 is 18.7 Å². The van der Waals surface area contributed by atoms with Crippen LogP contribution in [0.4, 0.5) is 5.69 Å². The third-order valence-corrected chi connectivity index (χ3v) is 12.5. The number of carbonyl (C=O) groups excluding carboxylic acids is 1. The molecule has 0 fully saturated rings. The lowest BCUT2D eigenvalue weighted by Gasteiger charge is -2.36. The van der Waals surface area contributed by atoms with E-state index < -0.39 is 8.32 Å². The summed E-state index contributed by atoms with van der Waals surface area (Å²) in [6.07, 6.45) is 4.61. The molecule has 0 spiro atoms. The lowest BCUT2D eigenvalue weighted by Crippen LogP contribution is -2.40. The van der Waals surface area contributed by atoms with Crippen LogP contribution in [0.5, 0.6) is 11.5 Å². The molecule has 39 heavy (non-hydrogen) atoms. The fourth-order valence-corrected chi connectivity index (χ4v) is 5.55. The van der Waals surface area contributed by atoms with Gasteiger partial charge in [-0.3, -0.25) is 4.79 Å². The monoisotopic (exact) mass is 555 g/mol. The number of hydrogen-bond acceptors (Lipinski definition) is 4. The van der Waals surface area contributed by atoms with Crippen LogP contribution in [-0.2, 0) is 21.2 Å². The summed E-state index contributed by atoms with van der Waals surface area (Å²) >= 11 is 0. The van der Waals surface area contributed by atoms with Gasteiger partial charge >= 0.3 is 0 Å². The first-order chi connectivity index (χ1) is 18.1. The summed E-state index contributed by atoms with van der Waals surface area (Å²) in [5.74, 6) is 1.45. The Morgan fingerprint density at radius 2 is 1.67 bits per heavy atom. The Morgan fingerprint density at radius 3 is 2.23 bits per heavy atom. The molecule has 0 radical (unpaired) electrons. The van der Waals surface area contributed by atoms with Crippen LogP contribution in [0.25, 0.3) is 0 Å². The zero-order valence-electron chi connectivity index (χ0n) is 26.4. The van der Waals surface area contributed by atoms with Gasteiger partial charge in [0.1, 0.15) is 0 Å². The van der Waals surface area contributed by atoms with Crippen LogP contribution in [0.15, 0.2) is 36.4 Å². The highest BCUT2D eigenvalue weighted by molar-refractivity contribution is 6.74. The highest BCUT2D eigenvalue weighted by Gasteiger charge is 2.37. The van der Waals surface area contributed by atoms with Gasteiger partial charge in [0.25, 0.3) is 0 Å². The maximum atomic E-state index is 13.6. The standard InChI is InChI=1S/C33H53NO4Si/c1-12-13-14-16-25(26-17-15-18-29(36-8)31(26)37-9)22-30(35)34-28-21-24(19-20-27(28)32(2,3)4)23-38-39(10,11)33(5,6)7/h15,17-21,25H,12-14,16,22-23H2,1-11H3,(H,34,35). The molecule has 0 aliphatic rings. The largest absolute Gasteiger partial charge is 0.493 e. The average molecular weight is 556 g/mol. The summed E-state index contributed by atoms with van der Waals surface area (Å²) in [6, 6.07) is 12.3. The number of nitrogens with one attached hydrogen (secondary N) is 1. The SMILES string of the molecule is CCCCCC(CC(=O)Nc1cc(CO[Si](C)(C)C(C)(C)C)ccc1C(C)(C)C)c1cccc(OC)c1OC. The van der Waals surface area contributed by atoms with E-state index >= 15 is 0 Å². The van der Waals surface area contributed by atoms with Crippen LogP contribution in [0.3, 0.4) is 0 Å². The minimum absolute atomic E-state index is 0.00864. The zero-order chi connectivity index (χ0) is 29.4. The Labute approximate surface area is 239 Å². The van der Waals surface area contributed by atoms with Crippen LogP contribution in [-0.4, -0.2) is 28.4 Å². The van der Waals surface area contributed by atoms with Gasteiger partial charge in [0.2, 0.25) is 5.91 Å². The molecule has 5 nitrogen and oxygen atoms in total. The first-order valence-electron chi connectivity index (χ1n) is 14.4. The van der Waals surface area contributed by atoms with Gasteiger partial charge in [-0.25, -0.2) is 0 Å². The third kappa shape index (κ3) is 9.11. The fourth-order valence-electron chi connectivity index (χ4n) is 4.59. The molecule has 2 aromatic carbocycles. The van der Waals surface area contributed by atoms with Crippen molar-refractivity contribution in [1.29, 1.82) is 0 Å². The molecule has 6 heteroatoms. The van der Waals surface area contributed by atoms with Crippen molar-refractivity contribution in [2.24, 2.45) is 0 Å². The summed E-state index contributed by atoms with van der Waals surface area (Å²) in [6.45, 7) is 20.6. The Bertz CT molecular complexity index is 1080. The number of ether oxygens (including phenoxy) is 2. The lowest BCUT2D eigenvalue weighted by molar-refractivity contribution is -0.116. The molecule has 0 bridgehead atoms. The van der Waals surface area contributed by atoms with Crippen molar-refractivity contribution in [3.05, 3.63) is 53.1 Å². The molecule has 1 N–H and O–H groups in total. The molecule has 0 aromatic heterocycles. The van der Waals surface area contributed by atoms with Crippen molar-refractivity contribution in [2.75, 3.05) is 19.5 Å².